The number of carbonyl (C=O) groups is 2. The van der Waals surface area contributed by atoms with Crippen molar-refractivity contribution < 1.29 is 9.59 Å². The summed E-state index contributed by atoms with van der Waals surface area (Å²) in [5, 5.41) is 0. The molecule has 0 saturated carbocycles. The second-order valence-electron chi connectivity index (χ2n) is 5.47. The predicted octanol–water partition coefficient (Wildman–Crippen LogP) is 1.96. The van der Waals surface area contributed by atoms with Crippen molar-refractivity contribution in [3.05, 3.63) is 35.4 Å². The Labute approximate surface area is 120 Å². The Bertz CT molecular complexity index is 496. The molecule has 1 atom stereocenters. The van der Waals surface area contributed by atoms with Gasteiger partial charge in [-0.25, -0.2) is 0 Å². The smallest absolute Gasteiger partial charge is 0.242 e. The lowest BCUT2D eigenvalue weighted by atomic mass is 10.1. The van der Waals surface area contributed by atoms with Crippen LogP contribution in [0.1, 0.15) is 31.4 Å². The maximum Gasteiger partial charge on any atom is 0.242 e. The summed E-state index contributed by atoms with van der Waals surface area (Å²) >= 11 is 0. The van der Waals surface area contributed by atoms with Crippen molar-refractivity contribution in [2.24, 2.45) is 0 Å². The minimum absolute atomic E-state index is 0.0215. The maximum absolute atomic E-state index is 12.3. The van der Waals surface area contributed by atoms with Crippen LogP contribution in [0.2, 0.25) is 0 Å². The summed E-state index contributed by atoms with van der Waals surface area (Å²) in [7, 11) is 0. The number of nitrogens with zero attached hydrogens (tertiary/aromatic N) is 2. The Balaban J connectivity index is 2.11. The first-order valence-electron chi connectivity index (χ1n) is 7.11. The van der Waals surface area contributed by atoms with Gasteiger partial charge in [0.25, 0.3) is 0 Å². The molecule has 0 radical (unpaired) electrons. The molecular formula is C16H22N2O2. The summed E-state index contributed by atoms with van der Waals surface area (Å²) in [4.78, 5) is 27.3. The number of rotatable bonds is 3. The number of carbonyl (C=O) groups excluding carboxylic acids is 2. The van der Waals surface area contributed by atoms with E-state index >= 15 is 0 Å². The lowest BCUT2D eigenvalue weighted by Gasteiger charge is -2.40. The van der Waals surface area contributed by atoms with Crippen molar-refractivity contribution >= 4 is 11.8 Å². The van der Waals surface area contributed by atoms with Crippen LogP contribution < -0.4 is 0 Å². The molecule has 1 heterocycles. The fourth-order valence-corrected chi connectivity index (χ4v) is 2.57. The van der Waals surface area contributed by atoms with Gasteiger partial charge in [-0.15, -0.1) is 0 Å². The highest BCUT2D eigenvalue weighted by molar-refractivity contribution is 5.85. The third-order valence-corrected chi connectivity index (χ3v) is 3.91. The van der Waals surface area contributed by atoms with Gasteiger partial charge in [-0.1, -0.05) is 36.8 Å². The topological polar surface area (TPSA) is 40.6 Å². The first-order valence-corrected chi connectivity index (χ1v) is 7.11. The van der Waals surface area contributed by atoms with E-state index < -0.39 is 0 Å². The molecular weight excluding hydrogens is 252 g/mol. The van der Waals surface area contributed by atoms with Crippen molar-refractivity contribution in [1.82, 2.24) is 9.80 Å². The largest absolute Gasteiger partial charge is 0.332 e. The lowest BCUT2D eigenvalue weighted by Crippen LogP contribution is -2.56. The van der Waals surface area contributed by atoms with Gasteiger partial charge in [0.05, 0.1) is 6.54 Å². The van der Waals surface area contributed by atoms with E-state index in [0.29, 0.717) is 13.1 Å². The normalized spacial score (nSPS) is 19.4. The molecule has 2 amide bonds. The second kappa shape index (κ2) is 6.07. The van der Waals surface area contributed by atoms with Crippen LogP contribution in [0.4, 0.5) is 0 Å². The summed E-state index contributed by atoms with van der Waals surface area (Å²) in [5.41, 5.74) is 2.35. The van der Waals surface area contributed by atoms with Gasteiger partial charge >= 0.3 is 0 Å². The van der Waals surface area contributed by atoms with E-state index in [1.807, 2.05) is 4.90 Å². The first-order chi connectivity index (χ1) is 9.51. The quantitative estimate of drug-likeness (QED) is 0.845. The number of hydrogen-bond acceptors (Lipinski definition) is 2. The third kappa shape index (κ3) is 3.18. The summed E-state index contributed by atoms with van der Waals surface area (Å²) in [6.45, 7) is 7.11. The standard InChI is InChI=1S/C16H22N2O2/c1-4-15-10-17(13(3)19)11-16(20)18(15)9-14-7-5-12(2)6-8-14/h5-8,15H,4,9-11H2,1-3H3. The Morgan fingerprint density at radius 3 is 2.50 bits per heavy atom. The average Bonchev–Trinajstić information content (AvgIpc) is 2.42. The fraction of sp³-hybridized carbons (Fsp3) is 0.500. The minimum Gasteiger partial charge on any atom is -0.332 e. The molecule has 1 aliphatic rings. The number of hydrogen-bond donors (Lipinski definition) is 0. The Kier molecular flexibility index (Phi) is 4.42. The number of piperazine rings is 1. The average molecular weight is 274 g/mol. The van der Waals surface area contributed by atoms with Crippen molar-refractivity contribution in [1.29, 1.82) is 0 Å². The molecule has 1 fully saturated rings. The van der Waals surface area contributed by atoms with E-state index in [0.717, 1.165) is 12.0 Å². The van der Waals surface area contributed by atoms with Crippen LogP contribution in [-0.4, -0.2) is 40.7 Å². The highest BCUT2D eigenvalue weighted by Crippen LogP contribution is 2.18. The van der Waals surface area contributed by atoms with Crippen LogP contribution in [0.25, 0.3) is 0 Å². The molecule has 108 valence electrons. The summed E-state index contributed by atoms with van der Waals surface area (Å²) in [6, 6.07) is 8.36. The van der Waals surface area contributed by atoms with Gasteiger partial charge < -0.3 is 9.80 Å². The van der Waals surface area contributed by atoms with Crippen LogP contribution in [0.3, 0.4) is 0 Å². The van der Waals surface area contributed by atoms with E-state index in [1.165, 1.54) is 12.5 Å². The molecule has 0 aliphatic carbocycles. The maximum atomic E-state index is 12.3. The minimum atomic E-state index is -0.0215. The van der Waals surface area contributed by atoms with Crippen LogP contribution in [0.15, 0.2) is 24.3 Å². The molecule has 0 spiro atoms. The molecule has 2 rings (SSSR count). The zero-order chi connectivity index (χ0) is 14.7. The molecule has 20 heavy (non-hydrogen) atoms. The Hall–Kier alpha value is -1.84. The summed E-state index contributed by atoms with van der Waals surface area (Å²) in [5.74, 6) is 0.0191. The van der Waals surface area contributed by atoms with Crippen LogP contribution in [-0.2, 0) is 16.1 Å². The zero-order valence-electron chi connectivity index (χ0n) is 12.4. The predicted molar refractivity (Wildman–Crippen MR) is 78.1 cm³/mol. The Morgan fingerprint density at radius 1 is 1.30 bits per heavy atom. The molecule has 0 aromatic heterocycles. The van der Waals surface area contributed by atoms with Gasteiger partial charge in [0.1, 0.15) is 0 Å². The van der Waals surface area contributed by atoms with E-state index in [4.69, 9.17) is 0 Å². The summed E-state index contributed by atoms with van der Waals surface area (Å²) in [6.07, 6.45) is 0.862. The highest BCUT2D eigenvalue weighted by atomic mass is 16.2. The molecule has 1 aromatic rings. The van der Waals surface area contributed by atoms with Crippen molar-refractivity contribution in [3.63, 3.8) is 0 Å². The van der Waals surface area contributed by atoms with E-state index in [2.05, 4.69) is 38.1 Å². The molecule has 0 N–H and O–H groups in total. The van der Waals surface area contributed by atoms with Gasteiger partial charge in [-0.05, 0) is 18.9 Å². The lowest BCUT2D eigenvalue weighted by molar-refractivity contribution is -0.148. The SMILES string of the molecule is CCC1CN(C(C)=O)CC(=O)N1Cc1ccc(C)cc1. The first kappa shape index (κ1) is 14.6. The number of benzene rings is 1. The monoisotopic (exact) mass is 274 g/mol. The van der Waals surface area contributed by atoms with Gasteiger partial charge in [-0.3, -0.25) is 9.59 Å². The number of aryl methyl sites for hydroxylation is 1. The van der Waals surface area contributed by atoms with Crippen LogP contribution >= 0.6 is 0 Å². The van der Waals surface area contributed by atoms with Crippen molar-refractivity contribution in [2.45, 2.75) is 39.8 Å². The van der Waals surface area contributed by atoms with Gasteiger partial charge in [-0.2, -0.15) is 0 Å². The molecule has 4 heteroatoms. The van der Waals surface area contributed by atoms with Gasteiger partial charge in [0.2, 0.25) is 11.8 Å². The molecule has 1 aromatic carbocycles. The van der Waals surface area contributed by atoms with E-state index in [9.17, 15) is 9.59 Å². The zero-order valence-corrected chi connectivity index (χ0v) is 12.4. The molecule has 1 saturated heterocycles. The number of amides is 2. The second-order valence-corrected chi connectivity index (χ2v) is 5.47. The van der Waals surface area contributed by atoms with Crippen LogP contribution in [0.5, 0.6) is 0 Å². The van der Waals surface area contributed by atoms with Crippen molar-refractivity contribution in [3.8, 4) is 0 Å². The molecule has 1 aliphatic heterocycles. The third-order valence-electron chi connectivity index (χ3n) is 3.91. The van der Waals surface area contributed by atoms with Crippen molar-refractivity contribution in [2.75, 3.05) is 13.1 Å². The molecule has 4 nitrogen and oxygen atoms in total. The van der Waals surface area contributed by atoms with Gasteiger partial charge in [0.15, 0.2) is 0 Å². The fourth-order valence-electron chi connectivity index (χ4n) is 2.57. The van der Waals surface area contributed by atoms with E-state index in [1.54, 1.807) is 4.90 Å². The highest BCUT2D eigenvalue weighted by Gasteiger charge is 2.32. The molecule has 1 unspecified atom stereocenters. The van der Waals surface area contributed by atoms with Crippen LogP contribution in [0, 0.1) is 6.92 Å². The summed E-state index contributed by atoms with van der Waals surface area (Å²) < 4.78 is 0. The van der Waals surface area contributed by atoms with E-state index in [-0.39, 0.29) is 24.4 Å². The van der Waals surface area contributed by atoms with Gasteiger partial charge in [0, 0.05) is 26.1 Å². The Morgan fingerprint density at radius 2 is 1.95 bits per heavy atom. The molecule has 0 bridgehead atoms.